The molecule has 1 unspecified atom stereocenters. The highest BCUT2D eigenvalue weighted by Gasteiger charge is 2.25. The smallest absolute Gasteiger partial charge is 0.237 e. The fourth-order valence-corrected chi connectivity index (χ4v) is 4.65. The van der Waals surface area contributed by atoms with Crippen LogP contribution in [0.25, 0.3) is 11.1 Å². The number of thioether (sulfide) groups is 1. The van der Waals surface area contributed by atoms with E-state index in [9.17, 15) is 15.3 Å². The molecule has 1 amide bonds. The Labute approximate surface area is 204 Å². The van der Waals surface area contributed by atoms with Crippen LogP contribution in [0.3, 0.4) is 0 Å². The van der Waals surface area contributed by atoms with Gasteiger partial charge in [-0.15, -0.1) is 0 Å². The van der Waals surface area contributed by atoms with E-state index in [2.05, 4.69) is 29.4 Å². The van der Waals surface area contributed by atoms with Gasteiger partial charge in [-0.3, -0.25) is 4.79 Å². The Balaban J connectivity index is 2.02. The minimum absolute atomic E-state index is 0.0448. The molecule has 0 radical (unpaired) electrons. The third-order valence-electron chi connectivity index (χ3n) is 5.85. The molecule has 0 fully saturated rings. The molecule has 0 aliphatic carbocycles. The summed E-state index contributed by atoms with van der Waals surface area (Å²) in [4.78, 5) is 17.5. The number of benzene rings is 2. The maximum Gasteiger partial charge on any atom is 0.237 e. The van der Waals surface area contributed by atoms with Gasteiger partial charge < -0.3 is 11.1 Å². The number of nitrogens with one attached hydrogen (secondary N) is 1. The van der Waals surface area contributed by atoms with E-state index in [1.807, 2.05) is 63.2 Å². The van der Waals surface area contributed by atoms with Gasteiger partial charge >= 0.3 is 0 Å². The first kappa shape index (κ1) is 24.8. The van der Waals surface area contributed by atoms with Crippen molar-refractivity contribution < 1.29 is 4.79 Å². The maximum atomic E-state index is 13.1. The number of aromatic nitrogens is 1. The number of nitrogens with zero attached hydrogens (tertiary/aromatic N) is 3. The van der Waals surface area contributed by atoms with Crippen LogP contribution in [0.2, 0.25) is 0 Å². The quantitative estimate of drug-likeness (QED) is 0.425. The molecule has 0 aliphatic rings. The van der Waals surface area contributed by atoms with Crippen molar-refractivity contribution in [1.82, 2.24) is 4.98 Å². The number of nitrogen functional groups attached to an aromatic ring is 1. The van der Waals surface area contributed by atoms with Crippen molar-refractivity contribution in [3.05, 3.63) is 70.3 Å². The summed E-state index contributed by atoms with van der Waals surface area (Å²) in [7, 11) is 0. The predicted octanol–water partition coefficient (Wildman–Crippen LogP) is 5.76. The Morgan fingerprint density at radius 3 is 2.35 bits per heavy atom. The average molecular weight is 470 g/mol. The molecule has 1 aromatic heterocycles. The summed E-state index contributed by atoms with van der Waals surface area (Å²) in [5.74, 6) is -0.132. The highest BCUT2D eigenvalue weighted by molar-refractivity contribution is 8.00. The normalized spacial score (nSPS) is 11.4. The number of hydrogen-bond acceptors (Lipinski definition) is 6. The number of anilines is 2. The standard InChI is InChI=1S/C27H27N5OS/c1-5-18-10-12-19(13-11-18)24-20(14-28)25(30)32-27(21(24)15-29)34-23(6-2)26(33)31-22-9-7-8-16(3)17(22)4/h7-13,23H,5-6H2,1-4H3,(H2,30,32)(H,31,33). The van der Waals surface area contributed by atoms with Crippen LogP contribution in [0.5, 0.6) is 0 Å². The van der Waals surface area contributed by atoms with Gasteiger partial charge in [0.2, 0.25) is 5.91 Å². The van der Waals surface area contributed by atoms with Gasteiger partial charge in [0.25, 0.3) is 0 Å². The zero-order valence-corrected chi connectivity index (χ0v) is 20.6. The molecule has 7 heteroatoms. The molecular weight excluding hydrogens is 442 g/mol. The fraction of sp³-hybridized carbons (Fsp3) is 0.259. The predicted molar refractivity (Wildman–Crippen MR) is 137 cm³/mol. The first-order chi connectivity index (χ1) is 16.3. The number of carbonyl (C=O) groups excluding carboxylic acids is 1. The number of aryl methyl sites for hydroxylation is 2. The van der Waals surface area contributed by atoms with Crippen LogP contribution in [0.15, 0.2) is 47.5 Å². The minimum Gasteiger partial charge on any atom is -0.383 e. The Morgan fingerprint density at radius 1 is 1.09 bits per heavy atom. The minimum atomic E-state index is -0.498. The second-order valence-corrected chi connectivity index (χ2v) is 9.14. The van der Waals surface area contributed by atoms with Gasteiger partial charge in [-0.25, -0.2) is 4.98 Å². The number of rotatable bonds is 7. The number of pyridine rings is 1. The molecule has 172 valence electrons. The van der Waals surface area contributed by atoms with Gasteiger partial charge in [0.15, 0.2) is 0 Å². The number of nitrogens with two attached hydrogens (primary N) is 1. The van der Waals surface area contributed by atoms with E-state index >= 15 is 0 Å². The van der Waals surface area contributed by atoms with E-state index in [4.69, 9.17) is 5.73 Å². The maximum absolute atomic E-state index is 13.1. The highest BCUT2D eigenvalue weighted by Crippen LogP contribution is 2.38. The molecule has 3 aromatic rings. The largest absolute Gasteiger partial charge is 0.383 e. The molecule has 0 aliphatic heterocycles. The molecule has 1 atom stereocenters. The molecular formula is C27H27N5OS. The molecule has 3 N–H and O–H groups in total. The first-order valence-electron chi connectivity index (χ1n) is 11.1. The van der Waals surface area contributed by atoms with Crippen molar-refractivity contribution in [3.8, 4) is 23.3 Å². The van der Waals surface area contributed by atoms with Crippen molar-refractivity contribution in [1.29, 1.82) is 10.5 Å². The van der Waals surface area contributed by atoms with Crippen molar-refractivity contribution in [2.45, 2.75) is 50.8 Å². The van der Waals surface area contributed by atoms with Crippen LogP contribution < -0.4 is 11.1 Å². The molecule has 0 spiro atoms. The van der Waals surface area contributed by atoms with Crippen molar-refractivity contribution in [2.24, 2.45) is 0 Å². The molecule has 34 heavy (non-hydrogen) atoms. The van der Waals surface area contributed by atoms with Crippen LogP contribution in [0, 0.1) is 36.5 Å². The zero-order valence-electron chi connectivity index (χ0n) is 19.8. The summed E-state index contributed by atoms with van der Waals surface area (Å²) in [6.07, 6.45) is 1.40. The first-order valence-corrected chi connectivity index (χ1v) is 12.0. The van der Waals surface area contributed by atoms with Crippen LogP contribution in [0.4, 0.5) is 11.5 Å². The van der Waals surface area contributed by atoms with Gasteiger partial charge in [-0.1, -0.05) is 62.0 Å². The Kier molecular flexibility index (Phi) is 7.94. The summed E-state index contributed by atoms with van der Waals surface area (Å²) in [5, 5.41) is 22.6. The van der Waals surface area contributed by atoms with Gasteiger partial charge in [0.05, 0.1) is 10.8 Å². The Hall–Kier alpha value is -3.81. The average Bonchev–Trinajstić information content (AvgIpc) is 2.84. The van der Waals surface area contributed by atoms with Gasteiger partial charge in [-0.05, 0) is 55.0 Å². The van der Waals surface area contributed by atoms with Gasteiger partial charge in [-0.2, -0.15) is 10.5 Å². The van der Waals surface area contributed by atoms with E-state index in [1.165, 1.54) is 11.8 Å². The second kappa shape index (κ2) is 10.9. The van der Waals surface area contributed by atoms with Crippen LogP contribution in [0.1, 0.15) is 48.1 Å². The summed E-state index contributed by atoms with van der Waals surface area (Å²) in [6.45, 7) is 7.92. The van der Waals surface area contributed by atoms with E-state index in [0.717, 1.165) is 28.8 Å². The lowest BCUT2D eigenvalue weighted by Gasteiger charge is -2.18. The van der Waals surface area contributed by atoms with E-state index < -0.39 is 5.25 Å². The summed E-state index contributed by atoms with van der Waals surface area (Å²) in [5.41, 5.74) is 11.7. The summed E-state index contributed by atoms with van der Waals surface area (Å²) < 4.78 is 0. The SMILES string of the molecule is CCc1ccc(-c2c(C#N)c(N)nc(SC(CC)C(=O)Nc3cccc(C)c3C)c2C#N)cc1. The number of amides is 1. The third kappa shape index (κ3) is 5.06. The van der Waals surface area contributed by atoms with Gasteiger partial charge in [0, 0.05) is 11.3 Å². The third-order valence-corrected chi connectivity index (χ3v) is 7.20. The van der Waals surface area contributed by atoms with Crippen molar-refractivity contribution in [2.75, 3.05) is 11.1 Å². The molecule has 0 bridgehead atoms. The van der Waals surface area contributed by atoms with Crippen molar-refractivity contribution in [3.63, 3.8) is 0 Å². The molecule has 0 saturated heterocycles. The highest BCUT2D eigenvalue weighted by atomic mass is 32.2. The summed E-state index contributed by atoms with van der Waals surface area (Å²) in [6, 6.07) is 17.8. The van der Waals surface area contributed by atoms with E-state index in [0.29, 0.717) is 22.6 Å². The second-order valence-electron chi connectivity index (χ2n) is 7.95. The number of carbonyl (C=O) groups is 1. The van der Waals surface area contributed by atoms with E-state index in [1.54, 1.807) is 0 Å². The lowest BCUT2D eigenvalue weighted by atomic mass is 9.96. The van der Waals surface area contributed by atoms with Crippen molar-refractivity contribution >= 4 is 29.2 Å². The van der Waals surface area contributed by atoms with Gasteiger partial charge in [0.1, 0.15) is 28.5 Å². The fourth-order valence-electron chi connectivity index (χ4n) is 3.64. The number of hydrogen-bond donors (Lipinski definition) is 2. The lowest BCUT2D eigenvalue weighted by Crippen LogP contribution is -2.25. The van der Waals surface area contributed by atoms with Crippen LogP contribution in [-0.2, 0) is 11.2 Å². The Bertz CT molecular complexity index is 1300. The summed E-state index contributed by atoms with van der Waals surface area (Å²) >= 11 is 1.19. The topological polar surface area (TPSA) is 116 Å². The monoisotopic (exact) mass is 469 g/mol. The van der Waals surface area contributed by atoms with Crippen LogP contribution >= 0.6 is 11.8 Å². The number of nitriles is 2. The lowest BCUT2D eigenvalue weighted by molar-refractivity contribution is -0.115. The van der Waals surface area contributed by atoms with E-state index in [-0.39, 0.29) is 22.9 Å². The molecule has 3 rings (SSSR count). The molecule has 1 heterocycles. The molecule has 6 nitrogen and oxygen atoms in total. The Morgan fingerprint density at radius 2 is 1.76 bits per heavy atom. The molecule has 0 saturated carbocycles. The molecule has 2 aromatic carbocycles. The zero-order chi connectivity index (χ0) is 24.8. The van der Waals surface area contributed by atoms with Crippen LogP contribution in [-0.4, -0.2) is 16.1 Å².